The minimum absolute atomic E-state index is 0.155. The van der Waals surface area contributed by atoms with Gasteiger partial charge < -0.3 is 4.98 Å². The summed E-state index contributed by atoms with van der Waals surface area (Å²) < 4.78 is 2.49. The van der Waals surface area contributed by atoms with Gasteiger partial charge in [-0.3, -0.25) is 9.36 Å². The van der Waals surface area contributed by atoms with Crippen LogP contribution in [0.1, 0.15) is 49.1 Å². The number of aromatic nitrogens is 2. The minimum atomic E-state index is 0.155. The summed E-state index contributed by atoms with van der Waals surface area (Å²) in [6.07, 6.45) is 6.84. The molecular weight excluding hydrogens is 288 g/mol. The average molecular weight is 306 g/mol. The zero-order valence-electron chi connectivity index (χ0n) is 11.6. The second-order valence-corrected chi connectivity index (χ2v) is 7.63. The second kappa shape index (κ2) is 4.53. The van der Waals surface area contributed by atoms with Crippen molar-refractivity contribution >= 4 is 33.8 Å². The zero-order chi connectivity index (χ0) is 13.9. The quantitative estimate of drug-likeness (QED) is 0.810. The molecule has 0 bridgehead atoms. The third-order valence-electron chi connectivity index (χ3n) is 4.94. The van der Waals surface area contributed by atoms with Crippen molar-refractivity contribution < 1.29 is 0 Å². The Morgan fingerprint density at radius 3 is 2.90 bits per heavy atom. The van der Waals surface area contributed by atoms with Crippen molar-refractivity contribution in [2.45, 2.75) is 51.5 Å². The Morgan fingerprint density at radius 2 is 2.15 bits per heavy atom. The molecule has 106 valence electrons. The van der Waals surface area contributed by atoms with E-state index in [-0.39, 0.29) is 11.6 Å². The van der Waals surface area contributed by atoms with Gasteiger partial charge in [0.05, 0.1) is 5.39 Å². The van der Waals surface area contributed by atoms with Gasteiger partial charge in [-0.05, 0) is 55.8 Å². The molecule has 20 heavy (non-hydrogen) atoms. The Balaban J connectivity index is 2.02. The molecule has 0 saturated heterocycles. The lowest BCUT2D eigenvalue weighted by Crippen LogP contribution is -2.28. The van der Waals surface area contributed by atoms with Gasteiger partial charge >= 0.3 is 0 Å². The van der Waals surface area contributed by atoms with E-state index in [0.29, 0.717) is 10.7 Å². The first-order valence-corrected chi connectivity index (χ1v) is 8.68. The number of nitrogens with one attached hydrogen (secondary N) is 1. The third-order valence-corrected chi connectivity index (χ3v) is 6.45. The van der Waals surface area contributed by atoms with Crippen molar-refractivity contribution in [2.24, 2.45) is 5.92 Å². The summed E-state index contributed by atoms with van der Waals surface area (Å²) >= 11 is 7.21. The third kappa shape index (κ3) is 1.69. The van der Waals surface area contributed by atoms with Crippen molar-refractivity contribution in [2.75, 3.05) is 0 Å². The molecule has 0 spiro atoms. The van der Waals surface area contributed by atoms with Crippen molar-refractivity contribution in [3.05, 3.63) is 25.6 Å². The Bertz CT molecular complexity index is 799. The molecule has 4 rings (SSSR count). The van der Waals surface area contributed by atoms with Crippen LogP contribution in [0.15, 0.2) is 4.79 Å². The van der Waals surface area contributed by atoms with Gasteiger partial charge in [0.2, 0.25) is 0 Å². The van der Waals surface area contributed by atoms with Crippen LogP contribution in [0.4, 0.5) is 0 Å². The van der Waals surface area contributed by atoms with Crippen LogP contribution in [-0.2, 0) is 12.8 Å². The van der Waals surface area contributed by atoms with E-state index in [2.05, 4.69) is 11.9 Å². The van der Waals surface area contributed by atoms with Crippen LogP contribution in [0, 0.1) is 10.7 Å². The molecule has 0 amide bonds. The van der Waals surface area contributed by atoms with Crippen LogP contribution in [0.5, 0.6) is 0 Å². The highest BCUT2D eigenvalue weighted by Gasteiger charge is 2.29. The summed E-state index contributed by atoms with van der Waals surface area (Å²) in [4.78, 5) is 18.7. The highest BCUT2D eigenvalue weighted by molar-refractivity contribution is 7.71. The monoisotopic (exact) mass is 306 g/mol. The number of thiophene rings is 1. The van der Waals surface area contributed by atoms with Crippen molar-refractivity contribution in [3.63, 3.8) is 0 Å². The van der Waals surface area contributed by atoms with E-state index in [0.717, 1.165) is 29.5 Å². The molecule has 2 heterocycles. The van der Waals surface area contributed by atoms with Crippen LogP contribution in [0.25, 0.3) is 10.2 Å². The van der Waals surface area contributed by atoms with E-state index in [1.165, 1.54) is 29.7 Å². The second-order valence-electron chi connectivity index (χ2n) is 6.14. The fourth-order valence-electron chi connectivity index (χ4n) is 3.90. The molecule has 3 nitrogen and oxygen atoms in total. The maximum absolute atomic E-state index is 13.0. The SMILES string of the molecule is CC1CCCC1n1c(=S)[nH]c2sc3c(c2c1=O)CCC3. The molecule has 2 unspecified atom stereocenters. The number of H-pyrrole nitrogens is 1. The fraction of sp³-hybridized carbons (Fsp3) is 0.600. The number of aryl methyl sites for hydroxylation is 2. The number of aromatic amines is 1. The van der Waals surface area contributed by atoms with Crippen LogP contribution in [-0.4, -0.2) is 9.55 Å². The first kappa shape index (κ1) is 12.8. The largest absolute Gasteiger partial charge is 0.323 e. The summed E-state index contributed by atoms with van der Waals surface area (Å²) in [7, 11) is 0. The average Bonchev–Trinajstić information content (AvgIpc) is 3.05. The van der Waals surface area contributed by atoms with E-state index in [4.69, 9.17) is 12.2 Å². The summed E-state index contributed by atoms with van der Waals surface area (Å²) in [5, 5.41) is 0.926. The zero-order valence-corrected chi connectivity index (χ0v) is 13.2. The van der Waals surface area contributed by atoms with E-state index >= 15 is 0 Å². The van der Waals surface area contributed by atoms with Crippen molar-refractivity contribution in [3.8, 4) is 0 Å². The molecule has 2 aliphatic rings. The normalized spacial score (nSPS) is 25.4. The Morgan fingerprint density at radius 1 is 1.30 bits per heavy atom. The number of nitrogens with zero attached hydrogens (tertiary/aromatic N) is 1. The molecule has 1 fully saturated rings. The maximum atomic E-state index is 13.0. The summed E-state index contributed by atoms with van der Waals surface area (Å²) in [5.74, 6) is 0.548. The topological polar surface area (TPSA) is 37.8 Å². The molecule has 5 heteroatoms. The lowest BCUT2D eigenvalue weighted by Gasteiger charge is -2.18. The van der Waals surface area contributed by atoms with Crippen LogP contribution in [0.2, 0.25) is 0 Å². The van der Waals surface area contributed by atoms with E-state index in [1.807, 2.05) is 4.57 Å². The first-order chi connectivity index (χ1) is 9.66. The summed E-state index contributed by atoms with van der Waals surface area (Å²) in [6, 6.07) is 0.285. The number of rotatable bonds is 1. The molecule has 1 saturated carbocycles. The van der Waals surface area contributed by atoms with Gasteiger partial charge in [0.1, 0.15) is 4.83 Å². The Labute approximate surface area is 126 Å². The number of hydrogen-bond donors (Lipinski definition) is 1. The Hall–Kier alpha value is -0.940. The van der Waals surface area contributed by atoms with E-state index < -0.39 is 0 Å². The van der Waals surface area contributed by atoms with Gasteiger partial charge in [-0.2, -0.15) is 0 Å². The smallest absolute Gasteiger partial charge is 0.263 e. The molecule has 2 aliphatic carbocycles. The molecule has 0 aliphatic heterocycles. The molecule has 0 aromatic carbocycles. The number of fused-ring (bicyclic) bond motifs is 3. The van der Waals surface area contributed by atoms with Crippen LogP contribution in [0.3, 0.4) is 0 Å². The Kier molecular flexibility index (Phi) is 2.89. The highest BCUT2D eigenvalue weighted by Crippen LogP contribution is 2.37. The van der Waals surface area contributed by atoms with E-state index in [1.54, 1.807) is 11.3 Å². The van der Waals surface area contributed by atoms with Crippen LogP contribution >= 0.6 is 23.6 Å². The fourth-order valence-corrected chi connectivity index (χ4v) is 5.56. The summed E-state index contributed by atoms with van der Waals surface area (Å²) in [5.41, 5.74) is 1.45. The van der Waals surface area contributed by atoms with E-state index in [9.17, 15) is 4.79 Å². The van der Waals surface area contributed by atoms with Gasteiger partial charge in [-0.25, -0.2) is 0 Å². The molecule has 1 N–H and O–H groups in total. The standard InChI is InChI=1S/C15H18N2OS2/c1-8-4-2-6-10(8)17-14(18)12-9-5-3-7-11(9)20-13(12)16-15(17)19/h8,10H,2-7H2,1H3,(H,16,19). The van der Waals surface area contributed by atoms with Crippen LogP contribution < -0.4 is 5.56 Å². The van der Waals surface area contributed by atoms with Gasteiger partial charge in [0.25, 0.3) is 5.56 Å². The number of hydrogen-bond acceptors (Lipinski definition) is 3. The molecule has 2 aromatic heterocycles. The van der Waals surface area contributed by atoms with Gasteiger partial charge in [0, 0.05) is 10.9 Å². The highest BCUT2D eigenvalue weighted by atomic mass is 32.1. The lowest BCUT2D eigenvalue weighted by atomic mass is 10.1. The van der Waals surface area contributed by atoms with Crippen molar-refractivity contribution in [1.29, 1.82) is 0 Å². The maximum Gasteiger partial charge on any atom is 0.263 e. The molecule has 2 atom stereocenters. The molecule has 0 radical (unpaired) electrons. The molecular formula is C15H18N2OS2. The minimum Gasteiger partial charge on any atom is -0.323 e. The van der Waals surface area contributed by atoms with Crippen molar-refractivity contribution in [1.82, 2.24) is 9.55 Å². The van der Waals surface area contributed by atoms with Gasteiger partial charge in [-0.15, -0.1) is 11.3 Å². The van der Waals surface area contributed by atoms with Gasteiger partial charge in [-0.1, -0.05) is 13.3 Å². The first-order valence-electron chi connectivity index (χ1n) is 7.46. The van der Waals surface area contributed by atoms with Gasteiger partial charge in [0.15, 0.2) is 4.77 Å². The predicted octanol–water partition coefficient (Wildman–Crippen LogP) is 3.97. The molecule has 2 aromatic rings. The summed E-state index contributed by atoms with van der Waals surface area (Å²) in [6.45, 7) is 2.24. The predicted molar refractivity (Wildman–Crippen MR) is 85.3 cm³/mol. The lowest BCUT2D eigenvalue weighted by molar-refractivity contribution is 0.392.